The zero-order valence-electron chi connectivity index (χ0n) is 19.3. The van der Waals surface area contributed by atoms with Crippen LogP contribution in [-0.2, 0) is 16.0 Å². The number of alkyl halides is 2. The summed E-state index contributed by atoms with van der Waals surface area (Å²) in [5, 5.41) is 12.0. The van der Waals surface area contributed by atoms with Crippen LogP contribution < -0.4 is 5.32 Å². The predicted octanol–water partition coefficient (Wildman–Crippen LogP) is 3.62. The SMILES string of the molecule is C=CCN(CC=C)C(=O)C(Cl)Cl.CCc1cnc(C2=NC(C)(C(C)C)C(=O)N2)c(C(=O)O)c1. The lowest BCUT2D eigenvalue weighted by Gasteiger charge is -2.21. The molecule has 2 heterocycles. The van der Waals surface area contributed by atoms with Gasteiger partial charge in [0, 0.05) is 19.3 Å². The summed E-state index contributed by atoms with van der Waals surface area (Å²) in [4.78, 5) is 43.8. The van der Waals surface area contributed by atoms with Gasteiger partial charge in [0.25, 0.3) is 11.8 Å². The lowest BCUT2D eigenvalue weighted by atomic mass is 9.89. The summed E-state index contributed by atoms with van der Waals surface area (Å²) < 4.78 is 0. The number of aromatic carboxylic acids is 1. The van der Waals surface area contributed by atoms with E-state index in [4.69, 9.17) is 23.2 Å². The molecule has 1 aliphatic rings. The maximum Gasteiger partial charge on any atom is 0.338 e. The monoisotopic (exact) mass is 496 g/mol. The molecule has 0 aliphatic carbocycles. The van der Waals surface area contributed by atoms with Gasteiger partial charge in [0.2, 0.25) is 0 Å². The maximum atomic E-state index is 12.1. The number of aliphatic imine (C=N–C) groups is 1. The number of nitrogens with one attached hydrogen (secondary N) is 1. The lowest BCUT2D eigenvalue weighted by molar-refractivity contribution is -0.128. The average molecular weight is 497 g/mol. The second kappa shape index (κ2) is 12.5. The van der Waals surface area contributed by atoms with Crippen molar-refractivity contribution in [3.63, 3.8) is 0 Å². The van der Waals surface area contributed by atoms with Crippen LogP contribution >= 0.6 is 23.2 Å². The van der Waals surface area contributed by atoms with Gasteiger partial charge >= 0.3 is 5.97 Å². The number of pyridine rings is 1. The largest absolute Gasteiger partial charge is 0.478 e. The fourth-order valence-electron chi connectivity index (χ4n) is 2.81. The minimum Gasteiger partial charge on any atom is -0.478 e. The van der Waals surface area contributed by atoms with E-state index in [2.05, 4.69) is 28.5 Å². The molecular formula is C23H30Cl2N4O4. The first-order valence-electron chi connectivity index (χ1n) is 10.3. The van der Waals surface area contributed by atoms with E-state index in [0.29, 0.717) is 19.5 Å². The third-order valence-corrected chi connectivity index (χ3v) is 5.54. The number of carboxylic acids is 1. The molecule has 2 N–H and O–H groups in total. The van der Waals surface area contributed by atoms with Crippen molar-refractivity contribution >= 4 is 46.8 Å². The predicted molar refractivity (Wildman–Crippen MR) is 131 cm³/mol. The van der Waals surface area contributed by atoms with Crippen LogP contribution in [-0.4, -0.2) is 62.1 Å². The van der Waals surface area contributed by atoms with Crippen molar-refractivity contribution in [3.8, 4) is 0 Å². The van der Waals surface area contributed by atoms with Gasteiger partial charge in [-0.15, -0.1) is 13.2 Å². The van der Waals surface area contributed by atoms with Crippen molar-refractivity contribution in [2.75, 3.05) is 13.1 Å². The number of amides is 2. The van der Waals surface area contributed by atoms with Gasteiger partial charge in [-0.2, -0.15) is 0 Å². The first-order valence-corrected chi connectivity index (χ1v) is 11.2. The molecular weight excluding hydrogens is 467 g/mol. The minimum absolute atomic E-state index is 0.00167. The van der Waals surface area contributed by atoms with Crippen molar-refractivity contribution in [2.45, 2.75) is 44.5 Å². The molecule has 0 fully saturated rings. The zero-order chi connectivity index (χ0) is 25.3. The van der Waals surface area contributed by atoms with E-state index in [0.717, 1.165) is 5.56 Å². The number of aromatic nitrogens is 1. The topological polar surface area (TPSA) is 112 Å². The highest BCUT2D eigenvalue weighted by Crippen LogP contribution is 2.27. The Hall–Kier alpha value is -2.71. The average Bonchev–Trinajstić information content (AvgIpc) is 3.08. The Balaban J connectivity index is 0.000000389. The van der Waals surface area contributed by atoms with Crippen molar-refractivity contribution in [1.82, 2.24) is 15.2 Å². The molecule has 8 nitrogen and oxygen atoms in total. The smallest absolute Gasteiger partial charge is 0.338 e. The maximum absolute atomic E-state index is 12.1. The molecule has 2 amide bonds. The van der Waals surface area contributed by atoms with E-state index in [1.165, 1.54) is 4.90 Å². The van der Waals surface area contributed by atoms with Crippen LogP contribution in [0, 0.1) is 5.92 Å². The highest BCUT2D eigenvalue weighted by molar-refractivity contribution is 6.53. The molecule has 0 saturated carbocycles. The Morgan fingerprint density at radius 1 is 1.27 bits per heavy atom. The number of nitrogens with zero attached hydrogens (tertiary/aromatic N) is 3. The standard InChI is InChI=1S/C15H19N3O3.C8H11Cl2NO/c1-5-9-6-10(13(19)20)11(16-7-9)12-17-14(21)15(4,18-12)8(2)3;1-3-5-11(6-4-2)8(12)7(9)10/h6-8H,5H2,1-4H3,(H,19,20)(H,17,18,21);3-4,7H,1-2,5-6H2. The van der Waals surface area contributed by atoms with E-state index >= 15 is 0 Å². The quantitative estimate of drug-likeness (QED) is 0.400. The summed E-state index contributed by atoms with van der Waals surface area (Å²) in [5.41, 5.74) is 0.197. The molecule has 1 aromatic heterocycles. The Kier molecular flexibility index (Phi) is 10.7. The van der Waals surface area contributed by atoms with E-state index < -0.39 is 16.3 Å². The van der Waals surface area contributed by atoms with Crippen molar-refractivity contribution in [3.05, 3.63) is 54.4 Å². The number of carbonyl (C=O) groups is 3. The lowest BCUT2D eigenvalue weighted by Crippen LogP contribution is -2.41. The number of carboxylic acid groups (broad SMARTS) is 1. The minimum atomic E-state index is -1.08. The summed E-state index contributed by atoms with van der Waals surface area (Å²) >= 11 is 10.8. The summed E-state index contributed by atoms with van der Waals surface area (Å²) in [6, 6.07) is 1.57. The summed E-state index contributed by atoms with van der Waals surface area (Å²) in [5.74, 6) is -1.40. The highest BCUT2D eigenvalue weighted by atomic mass is 35.5. The number of amidine groups is 1. The Morgan fingerprint density at radius 2 is 1.85 bits per heavy atom. The summed E-state index contributed by atoms with van der Waals surface area (Å²) in [6.07, 6.45) is 5.52. The summed E-state index contributed by atoms with van der Waals surface area (Å²) in [6.45, 7) is 15.3. The Bertz CT molecular complexity index is 936. The second-order valence-electron chi connectivity index (χ2n) is 7.74. The molecule has 1 unspecified atom stereocenters. The fraction of sp³-hybridized carbons (Fsp3) is 0.435. The fourth-order valence-corrected chi connectivity index (χ4v) is 3.08. The molecule has 180 valence electrons. The van der Waals surface area contributed by atoms with Crippen LogP contribution in [0.4, 0.5) is 0 Å². The molecule has 0 radical (unpaired) electrons. The molecule has 1 aromatic rings. The second-order valence-corrected chi connectivity index (χ2v) is 8.83. The van der Waals surface area contributed by atoms with Crippen LogP contribution in [0.1, 0.15) is 49.3 Å². The molecule has 33 heavy (non-hydrogen) atoms. The third kappa shape index (κ3) is 7.14. The number of halogens is 2. The van der Waals surface area contributed by atoms with Crippen molar-refractivity contribution < 1.29 is 19.5 Å². The Morgan fingerprint density at radius 3 is 2.24 bits per heavy atom. The van der Waals surface area contributed by atoms with Crippen LogP contribution in [0.2, 0.25) is 0 Å². The number of hydrogen-bond donors (Lipinski definition) is 2. The molecule has 0 spiro atoms. The highest BCUT2D eigenvalue weighted by Gasteiger charge is 2.43. The number of aryl methyl sites for hydroxylation is 1. The molecule has 0 saturated heterocycles. The number of carbonyl (C=O) groups excluding carboxylic acids is 2. The molecule has 2 rings (SSSR count). The van der Waals surface area contributed by atoms with Crippen LogP contribution in [0.25, 0.3) is 0 Å². The van der Waals surface area contributed by atoms with Gasteiger partial charge in [-0.3, -0.25) is 14.6 Å². The van der Waals surface area contributed by atoms with Gasteiger partial charge in [-0.05, 0) is 30.9 Å². The molecule has 10 heteroatoms. The van der Waals surface area contributed by atoms with E-state index in [1.54, 1.807) is 31.3 Å². The first-order chi connectivity index (χ1) is 15.4. The van der Waals surface area contributed by atoms with E-state index in [1.807, 2.05) is 20.8 Å². The molecule has 1 aliphatic heterocycles. The number of hydrogen-bond acceptors (Lipinski definition) is 5. The summed E-state index contributed by atoms with van der Waals surface area (Å²) in [7, 11) is 0. The van der Waals surface area contributed by atoms with Crippen LogP contribution in [0.15, 0.2) is 42.6 Å². The van der Waals surface area contributed by atoms with E-state index in [-0.39, 0.29) is 34.8 Å². The van der Waals surface area contributed by atoms with Crippen molar-refractivity contribution in [2.24, 2.45) is 10.9 Å². The van der Waals surface area contributed by atoms with Gasteiger partial charge in [0.15, 0.2) is 10.7 Å². The van der Waals surface area contributed by atoms with Gasteiger partial charge < -0.3 is 15.3 Å². The van der Waals surface area contributed by atoms with Crippen LogP contribution in [0.5, 0.6) is 0 Å². The van der Waals surface area contributed by atoms with Gasteiger partial charge in [-0.1, -0.05) is 56.1 Å². The molecule has 0 aromatic carbocycles. The van der Waals surface area contributed by atoms with E-state index in [9.17, 15) is 19.5 Å². The third-order valence-electron chi connectivity index (χ3n) is 5.16. The van der Waals surface area contributed by atoms with Gasteiger partial charge in [0.1, 0.15) is 11.2 Å². The Labute approximate surface area is 204 Å². The molecule has 0 bridgehead atoms. The number of rotatable bonds is 9. The van der Waals surface area contributed by atoms with Crippen LogP contribution in [0.3, 0.4) is 0 Å². The van der Waals surface area contributed by atoms with Gasteiger partial charge in [-0.25, -0.2) is 9.79 Å². The normalized spacial score (nSPS) is 17.1. The van der Waals surface area contributed by atoms with Gasteiger partial charge in [0.05, 0.1) is 5.56 Å². The molecule has 1 atom stereocenters. The zero-order valence-corrected chi connectivity index (χ0v) is 20.8. The first kappa shape index (κ1) is 28.3. The van der Waals surface area contributed by atoms with Crippen molar-refractivity contribution in [1.29, 1.82) is 0 Å².